The Hall–Kier alpha value is -4.20. The maximum atomic E-state index is 13.0. The molecule has 0 N–H and O–H groups in total. The Morgan fingerprint density at radius 2 is 1.61 bits per heavy atom. The largest absolute Gasteiger partial charge is 0.496 e. The normalized spacial score (nSPS) is 11.4. The number of halogens is 3. The number of aryl methyl sites for hydroxylation is 1. The molecule has 0 saturated carbocycles. The monoisotopic (exact) mass is 492 g/mol. The summed E-state index contributed by atoms with van der Waals surface area (Å²) in [6, 6.07) is 16.6. The highest BCUT2D eigenvalue weighted by Gasteiger charge is 2.30. The molecule has 0 aliphatic carbocycles. The van der Waals surface area contributed by atoms with Crippen LogP contribution in [-0.2, 0) is 26.1 Å². The smallest absolute Gasteiger partial charge is 0.416 e. The summed E-state index contributed by atoms with van der Waals surface area (Å²) in [5, 5.41) is 4.16. The molecular weight excluding hydrogens is 469 g/mol. The molecule has 1 heterocycles. The Bertz CT molecular complexity index is 1410. The molecule has 0 radical (unpaired) electrons. The maximum Gasteiger partial charge on any atom is 0.416 e. The van der Waals surface area contributed by atoms with Crippen LogP contribution < -0.4 is 4.74 Å². The predicted molar refractivity (Wildman–Crippen MR) is 129 cm³/mol. The van der Waals surface area contributed by atoms with Crippen LogP contribution in [0.15, 0.2) is 79.1 Å². The van der Waals surface area contributed by atoms with Crippen LogP contribution in [0.25, 0.3) is 11.1 Å². The Labute approximate surface area is 206 Å². The maximum absolute atomic E-state index is 13.0. The molecule has 0 atom stereocenters. The van der Waals surface area contributed by atoms with E-state index in [1.165, 1.54) is 19.2 Å². The van der Waals surface area contributed by atoms with Gasteiger partial charge in [0.05, 0.1) is 24.4 Å². The van der Waals surface area contributed by atoms with Gasteiger partial charge in [-0.3, -0.25) is 14.3 Å². The van der Waals surface area contributed by atoms with Gasteiger partial charge >= 0.3 is 6.18 Å². The van der Waals surface area contributed by atoms with Gasteiger partial charge in [0.25, 0.3) is 0 Å². The first-order chi connectivity index (χ1) is 17.1. The van der Waals surface area contributed by atoms with E-state index in [1.54, 1.807) is 47.3 Å². The highest BCUT2D eigenvalue weighted by atomic mass is 19.4. The predicted octanol–water partition coefficient (Wildman–Crippen LogP) is 5.97. The molecule has 0 amide bonds. The van der Waals surface area contributed by atoms with E-state index in [-0.39, 0.29) is 30.0 Å². The molecule has 0 saturated heterocycles. The number of hydrogen-bond acceptors (Lipinski definition) is 4. The fourth-order valence-electron chi connectivity index (χ4n) is 3.91. The molecule has 8 heteroatoms. The van der Waals surface area contributed by atoms with Gasteiger partial charge in [0, 0.05) is 37.2 Å². The number of methoxy groups -OCH3 is 1. The van der Waals surface area contributed by atoms with E-state index in [4.69, 9.17) is 4.74 Å². The minimum absolute atomic E-state index is 0.102. The van der Waals surface area contributed by atoms with Crippen molar-refractivity contribution in [2.24, 2.45) is 7.05 Å². The summed E-state index contributed by atoms with van der Waals surface area (Å²) in [4.78, 5) is 25.6. The van der Waals surface area contributed by atoms with Crippen molar-refractivity contribution in [1.82, 2.24) is 9.78 Å². The van der Waals surface area contributed by atoms with Crippen molar-refractivity contribution in [1.29, 1.82) is 0 Å². The number of aromatic nitrogens is 2. The molecule has 36 heavy (non-hydrogen) atoms. The second kappa shape index (κ2) is 10.2. The summed E-state index contributed by atoms with van der Waals surface area (Å²) in [6.45, 7) is 0. The molecule has 0 unspecified atom stereocenters. The van der Waals surface area contributed by atoms with E-state index in [0.29, 0.717) is 22.4 Å². The molecule has 0 aliphatic heterocycles. The van der Waals surface area contributed by atoms with E-state index in [1.807, 2.05) is 19.3 Å². The van der Waals surface area contributed by atoms with Crippen LogP contribution in [0.1, 0.15) is 37.4 Å². The molecule has 184 valence electrons. The third kappa shape index (κ3) is 5.71. The third-order valence-electron chi connectivity index (χ3n) is 5.80. The number of carbonyl (C=O) groups excluding carboxylic acids is 2. The van der Waals surface area contributed by atoms with Crippen molar-refractivity contribution in [2.75, 3.05) is 7.11 Å². The number of alkyl halides is 3. The van der Waals surface area contributed by atoms with Gasteiger partial charge in [-0.1, -0.05) is 48.5 Å². The van der Waals surface area contributed by atoms with E-state index < -0.39 is 11.7 Å². The number of carbonyl (C=O) groups is 2. The van der Waals surface area contributed by atoms with Gasteiger partial charge in [0.2, 0.25) is 0 Å². The van der Waals surface area contributed by atoms with Crippen LogP contribution in [-0.4, -0.2) is 28.5 Å². The highest BCUT2D eigenvalue weighted by Crippen LogP contribution is 2.30. The Balaban J connectivity index is 1.44. The van der Waals surface area contributed by atoms with Gasteiger partial charge in [-0.15, -0.1) is 0 Å². The third-order valence-corrected chi connectivity index (χ3v) is 5.80. The average Bonchev–Trinajstić information content (AvgIpc) is 3.30. The van der Waals surface area contributed by atoms with Gasteiger partial charge in [-0.25, -0.2) is 0 Å². The number of Topliss-reactive ketones (excluding diaryl/α,β-unsaturated/α-hetero) is 2. The Morgan fingerprint density at radius 3 is 2.25 bits per heavy atom. The van der Waals surface area contributed by atoms with Crippen molar-refractivity contribution in [2.45, 2.75) is 19.0 Å². The molecule has 0 aliphatic rings. The summed E-state index contributed by atoms with van der Waals surface area (Å²) in [5.74, 6) is 0.00160. The van der Waals surface area contributed by atoms with Crippen LogP contribution in [0.4, 0.5) is 13.2 Å². The van der Waals surface area contributed by atoms with Gasteiger partial charge in [-0.05, 0) is 34.9 Å². The van der Waals surface area contributed by atoms with Crippen LogP contribution in [0.5, 0.6) is 5.75 Å². The molecule has 5 nitrogen and oxygen atoms in total. The topological polar surface area (TPSA) is 61.2 Å². The summed E-state index contributed by atoms with van der Waals surface area (Å²) >= 11 is 0. The Morgan fingerprint density at radius 1 is 0.889 bits per heavy atom. The lowest BCUT2D eigenvalue weighted by Gasteiger charge is -2.10. The van der Waals surface area contributed by atoms with Crippen molar-refractivity contribution >= 4 is 11.6 Å². The molecule has 1 aromatic heterocycles. The standard InChI is InChI=1S/C28H23F3N2O3/c1-33-17-22(16-32-33)21-10-11-24(27(15-21)36-2)26(35)13-18-6-8-20(9-7-18)25(34)14-19-4-3-5-23(12-19)28(29,30)31/h3-12,15-17H,13-14H2,1-2H3. The second-order valence-corrected chi connectivity index (χ2v) is 8.41. The zero-order valence-electron chi connectivity index (χ0n) is 19.7. The number of ether oxygens (including phenoxy) is 1. The molecule has 3 aromatic carbocycles. The number of rotatable bonds is 8. The molecule has 0 spiro atoms. The van der Waals surface area contributed by atoms with Crippen molar-refractivity contribution in [3.8, 4) is 16.9 Å². The summed E-state index contributed by atoms with van der Waals surface area (Å²) in [6.07, 6.45) is -0.916. The second-order valence-electron chi connectivity index (χ2n) is 8.41. The summed E-state index contributed by atoms with van der Waals surface area (Å²) in [7, 11) is 3.33. The highest BCUT2D eigenvalue weighted by molar-refractivity contribution is 6.01. The zero-order valence-corrected chi connectivity index (χ0v) is 19.7. The van der Waals surface area contributed by atoms with Crippen LogP contribution >= 0.6 is 0 Å². The molecule has 4 rings (SSSR count). The SMILES string of the molecule is COc1cc(-c2cnn(C)c2)ccc1C(=O)Cc1ccc(C(=O)Cc2cccc(C(F)(F)F)c2)cc1. The molecular formula is C28H23F3N2O3. The lowest BCUT2D eigenvalue weighted by Crippen LogP contribution is -2.08. The fourth-order valence-corrected chi connectivity index (χ4v) is 3.91. The van der Waals surface area contributed by atoms with E-state index in [9.17, 15) is 22.8 Å². The van der Waals surface area contributed by atoms with Crippen LogP contribution in [0, 0.1) is 0 Å². The quantitative estimate of drug-likeness (QED) is 0.285. The first kappa shape index (κ1) is 24.9. The zero-order chi connectivity index (χ0) is 25.9. The number of nitrogens with zero attached hydrogens (tertiary/aromatic N) is 2. The molecule has 4 aromatic rings. The van der Waals surface area contributed by atoms with Gasteiger partial charge in [0.15, 0.2) is 11.6 Å². The van der Waals surface area contributed by atoms with Crippen molar-refractivity contribution in [3.05, 3.63) is 107 Å². The van der Waals surface area contributed by atoms with Gasteiger partial charge in [0.1, 0.15) is 5.75 Å². The summed E-state index contributed by atoms with van der Waals surface area (Å²) < 4.78 is 45.9. The minimum Gasteiger partial charge on any atom is -0.496 e. The Kier molecular flexibility index (Phi) is 7.05. The first-order valence-electron chi connectivity index (χ1n) is 11.1. The molecule has 0 fully saturated rings. The van der Waals surface area contributed by atoms with Gasteiger partial charge in [-0.2, -0.15) is 18.3 Å². The summed E-state index contributed by atoms with van der Waals surface area (Å²) in [5.41, 5.74) is 2.78. The molecule has 0 bridgehead atoms. The first-order valence-corrected chi connectivity index (χ1v) is 11.1. The van der Waals surface area contributed by atoms with Gasteiger partial charge < -0.3 is 4.74 Å². The number of ketones is 2. The van der Waals surface area contributed by atoms with E-state index in [0.717, 1.165) is 23.3 Å². The lowest BCUT2D eigenvalue weighted by atomic mass is 9.97. The number of benzene rings is 3. The van der Waals surface area contributed by atoms with Crippen molar-refractivity contribution < 1.29 is 27.5 Å². The van der Waals surface area contributed by atoms with Crippen molar-refractivity contribution in [3.63, 3.8) is 0 Å². The number of hydrogen-bond donors (Lipinski definition) is 0. The minimum atomic E-state index is -4.46. The van der Waals surface area contributed by atoms with E-state index in [2.05, 4.69) is 5.10 Å². The van der Waals surface area contributed by atoms with Crippen LogP contribution in [0.2, 0.25) is 0 Å². The van der Waals surface area contributed by atoms with E-state index >= 15 is 0 Å². The fraction of sp³-hybridized carbons (Fsp3) is 0.179. The van der Waals surface area contributed by atoms with Crippen LogP contribution in [0.3, 0.4) is 0 Å². The lowest BCUT2D eigenvalue weighted by molar-refractivity contribution is -0.137. The average molecular weight is 492 g/mol.